The van der Waals surface area contributed by atoms with Crippen LogP contribution in [0.15, 0.2) is 24.3 Å². The summed E-state index contributed by atoms with van der Waals surface area (Å²) in [5.41, 5.74) is 0.923. The van der Waals surface area contributed by atoms with Crippen molar-refractivity contribution in [1.29, 1.82) is 0 Å². The predicted molar refractivity (Wildman–Crippen MR) is 116 cm³/mol. The maximum absolute atomic E-state index is 12.6. The Morgan fingerprint density at radius 3 is 2.31 bits per heavy atom. The van der Waals surface area contributed by atoms with E-state index in [0.717, 1.165) is 57.7 Å². The molecule has 0 unspecified atom stereocenters. The summed E-state index contributed by atoms with van der Waals surface area (Å²) in [7, 11) is 0. The number of halogens is 1. The number of likely N-dealkylation sites (tertiary alicyclic amines) is 1. The third kappa shape index (κ3) is 6.43. The highest BCUT2D eigenvalue weighted by atomic mass is 35.5. The molecule has 2 aliphatic rings. The molecule has 3 rings (SSSR count). The number of piperazine rings is 1. The van der Waals surface area contributed by atoms with Gasteiger partial charge in [0.1, 0.15) is 0 Å². The average molecular weight is 421 g/mol. The van der Waals surface area contributed by atoms with Crippen molar-refractivity contribution < 1.29 is 9.59 Å². The van der Waals surface area contributed by atoms with Crippen molar-refractivity contribution in [1.82, 2.24) is 20.0 Å². The molecule has 2 fully saturated rings. The van der Waals surface area contributed by atoms with E-state index in [1.807, 2.05) is 36.1 Å². The molecule has 2 heterocycles. The van der Waals surface area contributed by atoms with Crippen molar-refractivity contribution >= 4 is 23.4 Å². The van der Waals surface area contributed by atoms with Crippen molar-refractivity contribution in [2.45, 2.75) is 45.2 Å². The van der Waals surface area contributed by atoms with Gasteiger partial charge in [0, 0.05) is 50.8 Å². The molecule has 1 aromatic rings. The molecular weight excluding hydrogens is 388 g/mol. The van der Waals surface area contributed by atoms with E-state index >= 15 is 0 Å². The second-order valence-corrected chi connectivity index (χ2v) is 8.50. The Hall–Kier alpha value is -1.63. The van der Waals surface area contributed by atoms with Crippen molar-refractivity contribution in [3.63, 3.8) is 0 Å². The van der Waals surface area contributed by atoms with Crippen molar-refractivity contribution in [3.05, 3.63) is 34.9 Å². The summed E-state index contributed by atoms with van der Waals surface area (Å²) >= 11 is 6.16. The Labute approximate surface area is 179 Å². The maximum Gasteiger partial charge on any atom is 0.237 e. The van der Waals surface area contributed by atoms with Gasteiger partial charge in [-0.1, -0.05) is 42.6 Å². The maximum atomic E-state index is 12.6. The minimum absolute atomic E-state index is 0.0130. The lowest BCUT2D eigenvalue weighted by atomic mass is 10.2. The smallest absolute Gasteiger partial charge is 0.237 e. The zero-order valence-corrected chi connectivity index (χ0v) is 18.2. The third-order valence-corrected chi connectivity index (χ3v) is 6.43. The van der Waals surface area contributed by atoms with Crippen molar-refractivity contribution in [2.75, 3.05) is 45.8 Å². The number of hydrogen-bond donors (Lipinski definition) is 1. The minimum Gasteiger partial charge on any atom is -0.351 e. The monoisotopic (exact) mass is 420 g/mol. The van der Waals surface area contributed by atoms with Gasteiger partial charge in [-0.2, -0.15) is 0 Å². The molecule has 1 N–H and O–H groups in total. The molecule has 0 aliphatic carbocycles. The molecule has 0 aromatic heterocycles. The topological polar surface area (TPSA) is 55.9 Å². The van der Waals surface area contributed by atoms with Gasteiger partial charge in [-0.05, 0) is 31.4 Å². The van der Waals surface area contributed by atoms with Gasteiger partial charge in [-0.25, -0.2) is 0 Å². The SMILES string of the molecule is C[C@H](C(=O)NCc1ccccc1Cl)N1CCN(CC(=O)N2CCCCCC2)CC1. The van der Waals surface area contributed by atoms with E-state index in [1.54, 1.807) is 0 Å². The largest absolute Gasteiger partial charge is 0.351 e. The van der Waals surface area contributed by atoms with Gasteiger partial charge < -0.3 is 10.2 Å². The van der Waals surface area contributed by atoms with Crippen LogP contribution < -0.4 is 5.32 Å². The minimum atomic E-state index is -0.194. The molecule has 0 bridgehead atoms. The molecule has 0 saturated carbocycles. The van der Waals surface area contributed by atoms with Gasteiger partial charge in [-0.3, -0.25) is 19.4 Å². The van der Waals surface area contributed by atoms with E-state index in [2.05, 4.69) is 15.1 Å². The van der Waals surface area contributed by atoms with Crippen LogP contribution in [0.1, 0.15) is 38.2 Å². The van der Waals surface area contributed by atoms with Crippen LogP contribution in [-0.4, -0.2) is 78.4 Å². The van der Waals surface area contributed by atoms with E-state index in [4.69, 9.17) is 11.6 Å². The zero-order valence-electron chi connectivity index (χ0n) is 17.4. The van der Waals surface area contributed by atoms with Gasteiger partial charge >= 0.3 is 0 Å². The first kappa shape index (κ1) is 22.1. The number of benzene rings is 1. The number of carbonyl (C=O) groups excluding carboxylic acids is 2. The lowest BCUT2D eigenvalue weighted by Crippen LogP contribution is -2.55. The summed E-state index contributed by atoms with van der Waals surface area (Å²) in [5, 5.41) is 3.66. The Morgan fingerprint density at radius 1 is 1.00 bits per heavy atom. The Morgan fingerprint density at radius 2 is 1.66 bits per heavy atom. The molecular formula is C22H33ClN4O2. The molecule has 6 nitrogen and oxygen atoms in total. The quantitative estimate of drug-likeness (QED) is 0.767. The molecule has 29 heavy (non-hydrogen) atoms. The van der Waals surface area contributed by atoms with E-state index in [-0.39, 0.29) is 17.9 Å². The number of nitrogens with zero attached hydrogens (tertiary/aromatic N) is 3. The molecule has 0 spiro atoms. The summed E-state index contributed by atoms with van der Waals surface area (Å²) in [4.78, 5) is 31.6. The fraction of sp³-hybridized carbons (Fsp3) is 0.636. The molecule has 2 amide bonds. The second-order valence-electron chi connectivity index (χ2n) is 8.09. The summed E-state index contributed by atoms with van der Waals surface area (Å²) < 4.78 is 0. The standard InChI is InChI=1S/C22H33ClN4O2/c1-18(22(29)24-16-19-8-4-5-9-20(19)23)26-14-12-25(13-15-26)17-21(28)27-10-6-2-3-7-11-27/h4-5,8-9,18H,2-3,6-7,10-17H2,1H3,(H,24,29)/t18-/m1/s1. The molecule has 1 atom stereocenters. The predicted octanol–water partition coefficient (Wildman–Crippen LogP) is 2.36. The lowest BCUT2D eigenvalue weighted by molar-refractivity contribution is -0.133. The highest BCUT2D eigenvalue weighted by molar-refractivity contribution is 6.31. The van der Waals surface area contributed by atoms with E-state index in [0.29, 0.717) is 18.1 Å². The fourth-order valence-corrected chi connectivity index (χ4v) is 4.26. The highest BCUT2D eigenvalue weighted by Crippen LogP contribution is 2.15. The van der Waals surface area contributed by atoms with E-state index in [9.17, 15) is 9.59 Å². The molecule has 7 heteroatoms. The summed E-state index contributed by atoms with van der Waals surface area (Å²) in [5.74, 6) is 0.268. The fourth-order valence-electron chi connectivity index (χ4n) is 4.06. The van der Waals surface area contributed by atoms with Crippen LogP contribution in [0.4, 0.5) is 0 Å². The van der Waals surface area contributed by atoms with Crippen LogP contribution in [0.3, 0.4) is 0 Å². The van der Waals surface area contributed by atoms with Crippen LogP contribution in [0.2, 0.25) is 5.02 Å². The number of rotatable bonds is 6. The molecule has 2 saturated heterocycles. The van der Waals surface area contributed by atoms with E-state index < -0.39 is 0 Å². The van der Waals surface area contributed by atoms with Crippen LogP contribution in [0.5, 0.6) is 0 Å². The summed E-state index contributed by atoms with van der Waals surface area (Å²) in [6.45, 7) is 7.93. The molecule has 0 radical (unpaired) electrons. The second kappa shape index (κ2) is 11.0. The number of nitrogens with one attached hydrogen (secondary N) is 1. The van der Waals surface area contributed by atoms with Crippen LogP contribution in [0.25, 0.3) is 0 Å². The van der Waals surface area contributed by atoms with Crippen molar-refractivity contribution in [3.8, 4) is 0 Å². The number of carbonyl (C=O) groups is 2. The Balaban J connectivity index is 1.40. The average Bonchev–Trinajstić information content (AvgIpc) is 3.03. The van der Waals surface area contributed by atoms with E-state index in [1.165, 1.54) is 12.8 Å². The number of amides is 2. The number of hydrogen-bond acceptors (Lipinski definition) is 4. The molecule has 1 aromatic carbocycles. The molecule has 160 valence electrons. The van der Waals surface area contributed by atoms with Gasteiger partial charge in [0.2, 0.25) is 11.8 Å². The lowest BCUT2D eigenvalue weighted by Gasteiger charge is -2.37. The van der Waals surface area contributed by atoms with Crippen LogP contribution >= 0.6 is 11.6 Å². The summed E-state index contributed by atoms with van der Waals surface area (Å²) in [6, 6.07) is 7.36. The van der Waals surface area contributed by atoms with Crippen LogP contribution in [-0.2, 0) is 16.1 Å². The highest BCUT2D eigenvalue weighted by Gasteiger charge is 2.27. The Bertz CT molecular complexity index is 683. The zero-order chi connectivity index (χ0) is 20.6. The van der Waals surface area contributed by atoms with Crippen molar-refractivity contribution in [2.24, 2.45) is 0 Å². The first-order chi connectivity index (χ1) is 14.0. The molecule has 2 aliphatic heterocycles. The van der Waals surface area contributed by atoms with Crippen LogP contribution in [0, 0.1) is 0 Å². The first-order valence-corrected chi connectivity index (χ1v) is 11.2. The third-order valence-electron chi connectivity index (χ3n) is 6.06. The van der Waals surface area contributed by atoms with Gasteiger partial charge in [-0.15, -0.1) is 0 Å². The normalized spacial score (nSPS) is 20.1. The van der Waals surface area contributed by atoms with Gasteiger partial charge in [0.25, 0.3) is 0 Å². The van der Waals surface area contributed by atoms with Gasteiger partial charge in [0.15, 0.2) is 0 Å². The Kier molecular flexibility index (Phi) is 8.33. The summed E-state index contributed by atoms with van der Waals surface area (Å²) in [6.07, 6.45) is 4.72. The first-order valence-electron chi connectivity index (χ1n) is 10.8. The van der Waals surface area contributed by atoms with Gasteiger partial charge in [0.05, 0.1) is 12.6 Å².